The second-order valence-corrected chi connectivity index (χ2v) is 2.64. The molecule has 2 nitrogen and oxygen atoms in total. The summed E-state index contributed by atoms with van der Waals surface area (Å²) >= 11 is 0. The summed E-state index contributed by atoms with van der Waals surface area (Å²) < 4.78 is 13.3. The zero-order valence-corrected chi connectivity index (χ0v) is 6.04. The molecule has 0 spiro atoms. The first kappa shape index (κ1) is 6.99. The molecule has 1 aliphatic carbocycles. The summed E-state index contributed by atoms with van der Waals surface area (Å²) in [6.45, 7) is 0. The summed E-state index contributed by atoms with van der Waals surface area (Å²) in [7, 11) is 0. The predicted octanol–water partition coefficient (Wildman–Crippen LogP) is 1.57. The van der Waals surface area contributed by atoms with E-state index in [9.17, 15) is 9.18 Å². The summed E-state index contributed by atoms with van der Waals surface area (Å²) in [6.07, 6.45) is 0. The molecular weight excluding hydrogens is 157 g/mol. The molecule has 0 amide bonds. The van der Waals surface area contributed by atoms with E-state index in [4.69, 9.17) is 5.26 Å². The van der Waals surface area contributed by atoms with Crippen LogP contribution in [0.3, 0.4) is 0 Å². The van der Waals surface area contributed by atoms with Gasteiger partial charge in [-0.05, 0) is 0 Å². The van der Waals surface area contributed by atoms with Gasteiger partial charge in [-0.15, -0.1) is 0 Å². The van der Waals surface area contributed by atoms with Crippen LogP contribution >= 0.6 is 0 Å². The minimum absolute atomic E-state index is 0.192. The minimum atomic E-state index is -2.38. The summed E-state index contributed by atoms with van der Waals surface area (Å²) in [5.41, 5.74) is -1.87. The number of carbonyl (C=O) groups is 1. The number of hydrogen-bond donors (Lipinski definition) is 0. The van der Waals surface area contributed by atoms with E-state index in [2.05, 4.69) is 0 Å². The monoisotopic (exact) mass is 161 g/mol. The molecule has 0 aliphatic heterocycles. The molecule has 0 aromatic heterocycles. The number of hydrogen-bond acceptors (Lipinski definition) is 2. The van der Waals surface area contributed by atoms with Gasteiger partial charge >= 0.3 is 0 Å². The molecule has 0 unspecified atom stereocenters. The Balaban J connectivity index is 2.67. The first-order valence-electron chi connectivity index (χ1n) is 3.44. The maximum Gasteiger partial charge on any atom is 0.283 e. The van der Waals surface area contributed by atoms with Crippen molar-refractivity contribution in [2.24, 2.45) is 0 Å². The van der Waals surface area contributed by atoms with Crippen LogP contribution in [-0.4, -0.2) is 5.78 Å². The fraction of sp³-hybridized carbons (Fsp3) is 0.111. The highest BCUT2D eigenvalue weighted by Crippen LogP contribution is 2.41. The third-order valence-electron chi connectivity index (χ3n) is 2.01. The lowest BCUT2D eigenvalue weighted by Crippen LogP contribution is -2.40. The van der Waals surface area contributed by atoms with Crippen LogP contribution in [-0.2, 0) is 5.67 Å². The average Bonchev–Trinajstić information content (AvgIpc) is 2.16. The molecule has 0 radical (unpaired) electrons. The SMILES string of the molecule is N#C[C@@]1(F)C(=O)c2ccccc21. The molecule has 2 rings (SSSR count). The van der Waals surface area contributed by atoms with Crippen LogP contribution in [0.4, 0.5) is 4.39 Å². The van der Waals surface area contributed by atoms with Gasteiger partial charge in [-0.2, -0.15) is 5.26 Å². The summed E-state index contributed by atoms with van der Waals surface area (Å²) in [5, 5.41) is 8.42. The molecule has 0 heterocycles. The minimum Gasteiger partial charge on any atom is -0.289 e. The third kappa shape index (κ3) is 0.554. The standard InChI is InChI=1S/C9H4FNO/c10-9(5-11)7-4-2-1-3-6(7)8(9)12/h1-4H/t9-/m0/s1. The van der Waals surface area contributed by atoms with Gasteiger partial charge in [0.15, 0.2) is 0 Å². The highest BCUT2D eigenvalue weighted by Gasteiger charge is 2.52. The van der Waals surface area contributed by atoms with Crippen molar-refractivity contribution < 1.29 is 9.18 Å². The van der Waals surface area contributed by atoms with E-state index in [-0.39, 0.29) is 5.56 Å². The van der Waals surface area contributed by atoms with Crippen molar-refractivity contribution in [3.05, 3.63) is 35.4 Å². The van der Waals surface area contributed by atoms with E-state index < -0.39 is 11.5 Å². The molecule has 3 heteroatoms. The second-order valence-electron chi connectivity index (χ2n) is 2.64. The van der Waals surface area contributed by atoms with Gasteiger partial charge in [-0.3, -0.25) is 4.79 Å². The van der Waals surface area contributed by atoms with Crippen LogP contribution in [0.15, 0.2) is 24.3 Å². The Morgan fingerprint density at radius 1 is 1.42 bits per heavy atom. The van der Waals surface area contributed by atoms with Crippen LogP contribution in [0.2, 0.25) is 0 Å². The first-order valence-corrected chi connectivity index (χ1v) is 3.44. The summed E-state index contributed by atoms with van der Waals surface area (Å²) in [4.78, 5) is 11.0. The number of nitriles is 1. The highest BCUT2D eigenvalue weighted by molar-refractivity contribution is 6.14. The zero-order chi connectivity index (χ0) is 8.77. The van der Waals surface area contributed by atoms with Crippen LogP contribution in [0, 0.1) is 11.3 Å². The fourth-order valence-electron chi connectivity index (χ4n) is 1.34. The van der Waals surface area contributed by atoms with Crippen LogP contribution < -0.4 is 0 Å². The van der Waals surface area contributed by atoms with Crippen molar-refractivity contribution in [2.75, 3.05) is 0 Å². The maximum atomic E-state index is 13.3. The predicted molar refractivity (Wildman–Crippen MR) is 39.2 cm³/mol. The van der Waals surface area contributed by atoms with Gasteiger partial charge < -0.3 is 0 Å². The molecule has 0 bridgehead atoms. The van der Waals surface area contributed by atoms with Crippen molar-refractivity contribution in [1.29, 1.82) is 5.26 Å². The van der Waals surface area contributed by atoms with Gasteiger partial charge in [0.05, 0.1) is 0 Å². The molecular formula is C9H4FNO. The van der Waals surface area contributed by atoms with Gasteiger partial charge in [0, 0.05) is 11.1 Å². The number of rotatable bonds is 0. The number of alkyl halides is 1. The Morgan fingerprint density at radius 3 is 2.75 bits per heavy atom. The molecule has 1 aliphatic rings. The lowest BCUT2D eigenvalue weighted by atomic mass is 9.74. The van der Waals surface area contributed by atoms with E-state index in [1.54, 1.807) is 12.1 Å². The third-order valence-corrected chi connectivity index (χ3v) is 2.01. The van der Waals surface area contributed by atoms with Crippen molar-refractivity contribution >= 4 is 5.78 Å². The quantitative estimate of drug-likeness (QED) is 0.579. The number of nitrogens with zero attached hydrogens (tertiary/aromatic N) is 1. The lowest BCUT2D eigenvalue weighted by molar-refractivity contribution is 0.0719. The van der Waals surface area contributed by atoms with Crippen LogP contribution in [0.25, 0.3) is 0 Å². The van der Waals surface area contributed by atoms with Gasteiger partial charge in [0.2, 0.25) is 5.78 Å². The highest BCUT2D eigenvalue weighted by atomic mass is 19.1. The molecule has 0 saturated carbocycles. The molecule has 1 aromatic carbocycles. The van der Waals surface area contributed by atoms with Crippen LogP contribution in [0.5, 0.6) is 0 Å². The van der Waals surface area contributed by atoms with Crippen molar-refractivity contribution in [3.63, 3.8) is 0 Å². The molecule has 12 heavy (non-hydrogen) atoms. The Bertz CT molecular complexity index is 407. The summed E-state index contributed by atoms with van der Waals surface area (Å²) in [5.74, 6) is -0.722. The van der Waals surface area contributed by atoms with Crippen molar-refractivity contribution in [1.82, 2.24) is 0 Å². The first-order chi connectivity index (χ1) is 5.70. The van der Waals surface area contributed by atoms with Gasteiger partial charge in [-0.1, -0.05) is 24.3 Å². The van der Waals surface area contributed by atoms with Crippen molar-refractivity contribution in [3.8, 4) is 6.07 Å². The fourth-order valence-corrected chi connectivity index (χ4v) is 1.34. The molecule has 0 saturated heterocycles. The largest absolute Gasteiger partial charge is 0.289 e. The Kier molecular flexibility index (Phi) is 1.12. The van der Waals surface area contributed by atoms with E-state index in [0.717, 1.165) is 0 Å². The Hall–Kier alpha value is -1.69. The maximum absolute atomic E-state index is 13.3. The van der Waals surface area contributed by atoms with Crippen LogP contribution in [0.1, 0.15) is 15.9 Å². The van der Waals surface area contributed by atoms with Gasteiger partial charge in [-0.25, -0.2) is 4.39 Å². The summed E-state index contributed by atoms with van der Waals surface area (Å²) in [6, 6.07) is 7.60. The lowest BCUT2D eigenvalue weighted by Gasteiger charge is -2.28. The molecule has 0 fully saturated rings. The zero-order valence-electron chi connectivity index (χ0n) is 6.04. The second kappa shape index (κ2) is 1.92. The van der Waals surface area contributed by atoms with E-state index in [0.29, 0.717) is 5.56 Å². The van der Waals surface area contributed by atoms with Crippen molar-refractivity contribution in [2.45, 2.75) is 5.67 Å². The number of benzene rings is 1. The Labute approximate surface area is 68.2 Å². The van der Waals surface area contributed by atoms with Gasteiger partial charge in [0.25, 0.3) is 5.67 Å². The number of ketones is 1. The van der Waals surface area contributed by atoms with E-state index >= 15 is 0 Å². The number of carbonyl (C=O) groups excluding carboxylic acids is 1. The van der Waals surface area contributed by atoms with E-state index in [1.165, 1.54) is 18.2 Å². The van der Waals surface area contributed by atoms with E-state index in [1.807, 2.05) is 0 Å². The molecule has 58 valence electrons. The molecule has 1 atom stereocenters. The topological polar surface area (TPSA) is 40.9 Å². The number of fused-ring (bicyclic) bond motifs is 1. The molecule has 0 N–H and O–H groups in total. The number of Topliss-reactive ketones (excluding diaryl/α,β-unsaturated/α-hetero) is 1. The normalized spacial score (nSPS) is 25.5. The molecule has 1 aromatic rings. The Morgan fingerprint density at radius 2 is 2.08 bits per heavy atom. The average molecular weight is 161 g/mol. The van der Waals surface area contributed by atoms with Gasteiger partial charge in [0.1, 0.15) is 6.07 Å². The smallest absolute Gasteiger partial charge is 0.283 e. The number of halogens is 1.